The molecule has 3 rings (SSSR count). The van der Waals surface area contributed by atoms with E-state index in [4.69, 9.17) is 4.74 Å². The monoisotopic (exact) mass is 378 g/mol. The average molecular weight is 378 g/mol. The highest BCUT2D eigenvalue weighted by molar-refractivity contribution is 6.05. The van der Waals surface area contributed by atoms with Crippen LogP contribution in [-0.4, -0.2) is 41.6 Å². The first-order valence-corrected chi connectivity index (χ1v) is 8.64. The number of hydrogen-bond donors (Lipinski definition) is 2. The Balaban J connectivity index is 1.86. The number of fused-ring (bicyclic) bond motifs is 1. The van der Waals surface area contributed by atoms with E-state index in [0.29, 0.717) is 37.9 Å². The van der Waals surface area contributed by atoms with Crippen LogP contribution in [0.2, 0.25) is 0 Å². The second kappa shape index (κ2) is 8.26. The molecule has 0 fully saturated rings. The molecule has 0 bridgehead atoms. The van der Waals surface area contributed by atoms with Gasteiger partial charge < -0.3 is 19.9 Å². The number of hydrogen-bond acceptors (Lipinski definition) is 4. The first kappa shape index (κ1) is 19.0. The molecular formula is C18H20F2N4O3. The van der Waals surface area contributed by atoms with Crippen molar-refractivity contribution in [3.8, 4) is 0 Å². The van der Waals surface area contributed by atoms with Gasteiger partial charge in [-0.05, 0) is 31.4 Å². The van der Waals surface area contributed by atoms with Crippen LogP contribution in [0.25, 0.3) is 0 Å². The number of nitrogens with zero attached hydrogens (tertiary/aromatic N) is 2. The van der Waals surface area contributed by atoms with Crippen LogP contribution in [0.5, 0.6) is 0 Å². The summed E-state index contributed by atoms with van der Waals surface area (Å²) in [6.07, 6.45) is 2.32. The highest BCUT2D eigenvalue weighted by atomic mass is 19.1. The number of rotatable bonds is 6. The van der Waals surface area contributed by atoms with E-state index in [1.54, 1.807) is 4.57 Å². The zero-order valence-corrected chi connectivity index (χ0v) is 14.8. The number of carbonyl (C=O) groups excluding carboxylic acids is 2. The molecule has 0 saturated carbocycles. The topological polar surface area (TPSA) is 85.2 Å². The molecule has 0 spiro atoms. The van der Waals surface area contributed by atoms with Gasteiger partial charge in [0.05, 0.1) is 18.0 Å². The molecule has 27 heavy (non-hydrogen) atoms. The van der Waals surface area contributed by atoms with Crippen molar-refractivity contribution in [1.82, 2.24) is 14.9 Å². The fourth-order valence-corrected chi connectivity index (χ4v) is 3.02. The lowest BCUT2D eigenvalue weighted by molar-refractivity contribution is 0.0921. The molecule has 1 aromatic heterocycles. The lowest BCUT2D eigenvalue weighted by Crippen LogP contribution is -2.30. The molecule has 0 radical (unpaired) electrons. The van der Waals surface area contributed by atoms with Gasteiger partial charge in [-0.3, -0.25) is 9.59 Å². The number of carbonyl (C=O) groups is 2. The summed E-state index contributed by atoms with van der Waals surface area (Å²) in [7, 11) is 1.53. The quantitative estimate of drug-likeness (QED) is 0.754. The van der Waals surface area contributed by atoms with Gasteiger partial charge in [-0.2, -0.15) is 0 Å². The molecular weight excluding hydrogens is 358 g/mol. The van der Waals surface area contributed by atoms with Gasteiger partial charge in [0.25, 0.3) is 11.8 Å². The normalized spacial score (nSPS) is 13.1. The molecule has 144 valence electrons. The van der Waals surface area contributed by atoms with Crippen molar-refractivity contribution in [3.63, 3.8) is 0 Å². The number of nitrogens with one attached hydrogen (secondary N) is 2. The van der Waals surface area contributed by atoms with Crippen LogP contribution in [-0.2, 0) is 17.7 Å². The number of methoxy groups -OCH3 is 1. The Hall–Kier alpha value is -2.81. The van der Waals surface area contributed by atoms with Gasteiger partial charge >= 0.3 is 0 Å². The Morgan fingerprint density at radius 2 is 2.07 bits per heavy atom. The number of amides is 2. The predicted molar refractivity (Wildman–Crippen MR) is 93.7 cm³/mol. The van der Waals surface area contributed by atoms with Crippen LogP contribution in [0.1, 0.15) is 39.6 Å². The predicted octanol–water partition coefficient (Wildman–Crippen LogP) is 2.13. The van der Waals surface area contributed by atoms with Crippen molar-refractivity contribution < 1.29 is 23.1 Å². The van der Waals surface area contributed by atoms with Gasteiger partial charge in [0.15, 0.2) is 11.5 Å². The number of benzene rings is 1. The van der Waals surface area contributed by atoms with Crippen molar-refractivity contribution in [2.75, 3.05) is 25.6 Å². The summed E-state index contributed by atoms with van der Waals surface area (Å²) in [5.41, 5.74) is 0.568. The summed E-state index contributed by atoms with van der Waals surface area (Å²) < 4.78 is 33.5. The van der Waals surface area contributed by atoms with Gasteiger partial charge in [-0.25, -0.2) is 13.8 Å². The third-order valence-electron chi connectivity index (χ3n) is 4.31. The molecule has 2 aromatic rings. The van der Waals surface area contributed by atoms with E-state index < -0.39 is 23.4 Å². The van der Waals surface area contributed by atoms with E-state index in [1.165, 1.54) is 7.11 Å². The highest BCUT2D eigenvalue weighted by Gasteiger charge is 2.27. The van der Waals surface area contributed by atoms with E-state index in [-0.39, 0.29) is 17.2 Å². The van der Waals surface area contributed by atoms with E-state index in [1.807, 2.05) is 0 Å². The second-order valence-corrected chi connectivity index (χ2v) is 6.17. The van der Waals surface area contributed by atoms with Crippen molar-refractivity contribution in [3.05, 3.63) is 47.0 Å². The zero-order chi connectivity index (χ0) is 19.4. The summed E-state index contributed by atoms with van der Waals surface area (Å²) in [5.74, 6) is -2.51. The van der Waals surface area contributed by atoms with Crippen LogP contribution < -0.4 is 10.6 Å². The van der Waals surface area contributed by atoms with Crippen LogP contribution >= 0.6 is 0 Å². The molecule has 0 unspecified atom stereocenters. The number of anilines is 1. The molecule has 0 saturated heterocycles. The van der Waals surface area contributed by atoms with Gasteiger partial charge in [0, 0.05) is 26.3 Å². The maximum absolute atomic E-state index is 13.8. The minimum atomic E-state index is -0.881. The van der Waals surface area contributed by atoms with Crippen molar-refractivity contribution in [2.24, 2.45) is 0 Å². The molecule has 2 amide bonds. The molecule has 0 aliphatic carbocycles. The number of halogens is 2. The Morgan fingerprint density at radius 1 is 1.26 bits per heavy atom. The fourth-order valence-electron chi connectivity index (χ4n) is 3.02. The molecule has 2 heterocycles. The minimum absolute atomic E-state index is 0.0790. The SMILES string of the molecule is COCCNC(=O)c1nc(C(=O)Nc2ccc(F)cc2F)c2n1CCCC2. The maximum atomic E-state index is 13.8. The molecule has 2 N–H and O–H groups in total. The lowest BCUT2D eigenvalue weighted by atomic mass is 10.1. The third kappa shape index (κ3) is 4.13. The van der Waals surface area contributed by atoms with Crippen LogP contribution in [0, 0.1) is 11.6 Å². The molecule has 9 heteroatoms. The zero-order valence-electron chi connectivity index (χ0n) is 14.8. The summed E-state index contributed by atoms with van der Waals surface area (Å²) in [4.78, 5) is 29.2. The first-order chi connectivity index (χ1) is 13.0. The number of ether oxygens (including phenoxy) is 1. The first-order valence-electron chi connectivity index (χ1n) is 8.64. The van der Waals surface area contributed by atoms with Crippen molar-refractivity contribution in [2.45, 2.75) is 25.8 Å². The summed E-state index contributed by atoms with van der Waals surface area (Å²) in [6.45, 7) is 1.25. The average Bonchev–Trinajstić information content (AvgIpc) is 3.04. The van der Waals surface area contributed by atoms with Crippen LogP contribution in [0.15, 0.2) is 18.2 Å². The Labute approximate surface area is 154 Å². The van der Waals surface area contributed by atoms with E-state index in [2.05, 4.69) is 15.6 Å². The summed E-state index contributed by atoms with van der Waals surface area (Å²) in [5, 5.41) is 5.09. The number of aromatic nitrogens is 2. The van der Waals surface area contributed by atoms with Gasteiger partial charge in [-0.15, -0.1) is 0 Å². The van der Waals surface area contributed by atoms with Gasteiger partial charge in [0.2, 0.25) is 0 Å². The van der Waals surface area contributed by atoms with Crippen molar-refractivity contribution >= 4 is 17.5 Å². The van der Waals surface area contributed by atoms with E-state index >= 15 is 0 Å². The lowest BCUT2D eigenvalue weighted by Gasteiger charge is -2.17. The highest BCUT2D eigenvalue weighted by Crippen LogP contribution is 2.23. The fraction of sp³-hybridized carbons (Fsp3) is 0.389. The van der Waals surface area contributed by atoms with E-state index in [9.17, 15) is 18.4 Å². The smallest absolute Gasteiger partial charge is 0.287 e. The van der Waals surface area contributed by atoms with Gasteiger partial charge in [-0.1, -0.05) is 0 Å². The maximum Gasteiger partial charge on any atom is 0.287 e. The van der Waals surface area contributed by atoms with Gasteiger partial charge in [0.1, 0.15) is 11.6 Å². The molecule has 1 aromatic carbocycles. The van der Waals surface area contributed by atoms with Crippen molar-refractivity contribution in [1.29, 1.82) is 0 Å². The summed E-state index contributed by atoms with van der Waals surface area (Å²) in [6, 6.07) is 2.88. The molecule has 1 aliphatic rings. The Kier molecular flexibility index (Phi) is 5.80. The molecule has 1 aliphatic heterocycles. The van der Waals surface area contributed by atoms with Crippen LogP contribution in [0.4, 0.5) is 14.5 Å². The Morgan fingerprint density at radius 3 is 2.81 bits per heavy atom. The second-order valence-electron chi connectivity index (χ2n) is 6.17. The largest absolute Gasteiger partial charge is 0.383 e. The Bertz CT molecular complexity index is 867. The summed E-state index contributed by atoms with van der Waals surface area (Å²) >= 11 is 0. The molecule has 0 atom stereocenters. The van der Waals surface area contributed by atoms with Crippen LogP contribution in [0.3, 0.4) is 0 Å². The van der Waals surface area contributed by atoms with E-state index in [0.717, 1.165) is 25.0 Å². The third-order valence-corrected chi connectivity index (χ3v) is 4.31. The minimum Gasteiger partial charge on any atom is -0.383 e. The number of imidazole rings is 1. The molecule has 7 nitrogen and oxygen atoms in total. The standard InChI is InChI=1S/C18H20F2N4O3/c1-27-9-7-21-18(26)16-23-15(14-4-2-3-8-24(14)16)17(25)22-13-6-5-11(19)10-12(13)20/h5-6,10H,2-4,7-9H2,1H3,(H,21,26)(H,22,25).